The molecule has 0 saturated heterocycles. The molecule has 72 valence electrons. The molecule has 0 radical (unpaired) electrons. The lowest BCUT2D eigenvalue weighted by Crippen LogP contribution is -2.04. The zero-order valence-electron chi connectivity index (χ0n) is 7.72. The molecule has 1 aliphatic rings. The molecule has 2 atom stereocenters. The van der Waals surface area contributed by atoms with Gasteiger partial charge in [0, 0.05) is 6.42 Å². The van der Waals surface area contributed by atoms with Crippen LogP contribution < -0.4 is 0 Å². The van der Waals surface area contributed by atoms with E-state index in [1.54, 1.807) is 7.05 Å². The highest BCUT2D eigenvalue weighted by atomic mass is 16.3. The van der Waals surface area contributed by atoms with Gasteiger partial charge in [-0.3, -0.25) is 0 Å². The third-order valence-corrected chi connectivity index (χ3v) is 2.53. The van der Waals surface area contributed by atoms with Gasteiger partial charge in [0.25, 0.3) is 0 Å². The Labute approximate surface area is 76.8 Å². The lowest BCUT2D eigenvalue weighted by molar-refractivity contribution is 0.177. The van der Waals surface area contributed by atoms with Crippen LogP contribution in [0.5, 0.6) is 0 Å². The SMILES string of the molecule is Cn1nnc(CC2CCC(O)C2)n1. The first-order valence-corrected chi connectivity index (χ1v) is 4.65. The van der Waals surface area contributed by atoms with Crippen molar-refractivity contribution in [2.75, 3.05) is 0 Å². The van der Waals surface area contributed by atoms with Crippen LogP contribution in [0.1, 0.15) is 25.1 Å². The van der Waals surface area contributed by atoms with Crippen molar-refractivity contribution in [2.24, 2.45) is 13.0 Å². The second-order valence-electron chi connectivity index (χ2n) is 3.73. The number of aryl methyl sites for hydroxylation is 1. The van der Waals surface area contributed by atoms with Gasteiger partial charge < -0.3 is 5.11 Å². The molecular formula is C8H14N4O. The van der Waals surface area contributed by atoms with Gasteiger partial charge in [-0.25, -0.2) is 0 Å². The van der Waals surface area contributed by atoms with E-state index in [-0.39, 0.29) is 6.10 Å². The van der Waals surface area contributed by atoms with E-state index in [0.717, 1.165) is 31.5 Å². The van der Waals surface area contributed by atoms with Gasteiger partial charge >= 0.3 is 0 Å². The van der Waals surface area contributed by atoms with Gasteiger partial charge in [-0.05, 0) is 30.4 Å². The number of hydrogen-bond donors (Lipinski definition) is 1. The lowest BCUT2D eigenvalue weighted by Gasteiger charge is -2.03. The molecule has 2 unspecified atom stereocenters. The van der Waals surface area contributed by atoms with Gasteiger partial charge in [-0.15, -0.1) is 10.2 Å². The Hall–Kier alpha value is -0.970. The molecule has 0 aliphatic heterocycles. The monoisotopic (exact) mass is 182 g/mol. The van der Waals surface area contributed by atoms with Crippen molar-refractivity contribution in [2.45, 2.75) is 31.8 Å². The molecule has 1 saturated carbocycles. The molecule has 0 aromatic carbocycles. The quantitative estimate of drug-likeness (QED) is 0.694. The van der Waals surface area contributed by atoms with Crippen molar-refractivity contribution in [1.29, 1.82) is 0 Å². The Kier molecular flexibility index (Phi) is 2.26. The average molecular weight is 182 g/mol. The van der Waals surface area contributed by atoms with Gasteiger partial charge in [0.15, 0.2) is 5.82 Å². The normalized spacial score (nSPS) is 28.2. The van der Waals surface area contributed by atoms with Crippen LogP contribution in [0.15, 0.2) is 0 Å². The number of aromatic nitrogens is 4. The van der Waals surface area contributed by atoms with Crippen LogP contribution in [0, 0.1) is 5.92 Å². The van der Waals surface area contributed by atoms with Crippen molar-refractivity contribution in [3.05, 3.63) is 5.82 Å². The van der Waals surface area contributed by atoms with E-state index in [1.165, 1.54) is 4.80 Å². The molecule has 0 bridgehead atoms. The largest absolute Gasteiger partial charge is 0.393 e. The van der Waals surface area contributed by atoms with Crippen LogP contribution in [0.2, 0.25) is 0 Å². The molecular weight excluding hydrogens is 168 g/mol. The molecule has 1 aromatic rings. The average Bonchev–Trinajstić information content (AvgIpc) is 2.62. The van der Waals surface area contributed by atoms with Crippen LogP contribution >= 0.6 is 0 Å². The maximum atomic E-state index is 9.32. The van der Waals surface area contributed by atoms with E-state index < -0.39 is 0 Å². The van der Waals surface area contributed by atoms with Gasteiger partial charge in [0.05, 0.1) is 13.2 Å². The van der Waals surface area contributed by atoms with Crippen LogP contribution in [-0.2, 0) is 13.5 Å². The smallest absolute Gasteiger partial charge is 0.175 e. The van der Waals surface area contributed by atoms with Crippen molar-refractivity contribution in [3.63, 3.8) is 0 Å². The standard InChI is InChI=1S/C8H14N4O/c1-12-10-8(9-11-12)5-6-2-3-7(13)4-6/h6-7,13H,2-5H2,1H3. The summed E-state index contributed by atoms with van der Waals surface area (Å²) in [5.74, 6) is 1.33. The Morgan fingerprint density at radius 3 is 2.92 bits per heavy atom. The minimum absolute atomic E-state index is 0.110. The van der Waals surface area contributed by atoms with E-state index in [1.807, 2.05) is 0 Å². The predicted molar refractivity (Wildman–Crippen MR) is 45.8 cm³/mol. The second kappa shape index (κ2) is 3.41. The summed E-state index contributed by atoms with van der Waals surface area (Å²) in [6.07, 6.45) is 3.63. The number of aliphatic hydroxyl groups excluding tert-OH is 1. The fraction of sp³-hybridized carbons (Fsp3) is 0.875. The van der Waals surface area contributed by atoms with Crippen molar-refractivity contribution in [3.8, 4) is 0 Å². The Morgan fingerprint density at radius 1 is 1.54 bits per heavy atom. The van der Waals surface area contributed by atoms with E-state index in [2.05, 4.69) is 15.4 Å². The summed E-state index contributed by atoms with van der Waals surface area (Å²) in [5.41, 5.74) is 0. The third-order valence-electron chi connectivity index (χ3n) is 2.53. The Balaban J connectivity index is 1.91. The molecule has 1 fully saturated rings. The van der Waals surface area contributed by atoms with E-state index in [4.69, 9.17) is 0 Å². The van der Waals surface area contributed by atoms with Crippen molar-refractivity contribution < 1.29 is 5.11 Å². The first kappa shape index (κ1) is 8.62. The van der Waals surface area contributed by atoms with Crippen molar-refractivity contribution in [1.82, 2.24) is 20.2 Å². The maximum absolute atomic E-state index is 9.32. The number of tetrazole rings is 1. The van der Waals surface area contributed by atoms with E-state index >= 15 is 0 Å². The highest BCUT2D eigenvalue weighted by Crippen LogP contribution is 2.27. The Bertz CT molecular complexity index is 285. The third kappa shape index (κ3) is 2.03. The summed E-state index contributed by atoms with van der Waals surface area (Å²) in [7, 11) is 1.76. The highest BCUT2D eigenvalue weighted by molar-refractivity contribution is 4.85. The first-order valence-electron chi connectivity index (χ1n) is 4.65. The highest BCUT2D eigenvalue weighted by Gasteiger charge is 2.24. The maximum Gasteiger partial charge on any atom is 0.175 e. The minimum atomic E-state index is -0.110. The molecule has 5 nitrogen and oxygen atoms in total. The molecule has 5 heteroatoms. The van der Waals surface area contributed by atoms with Crippen molar-refractivity contribution >= 4 is 0 Å². The summed E-state index contributed by atoms with van der Waals surface area (Å²) >= 11 is 0. The number of hydrogen-bond acceptors (Lipinski definition) is 4. The van der Waals surface area contributed by atoms with Gasteiger partial charge in [0.2, 0.25) is 0 Å². The molecule has 0 spiro atoms. The van der Waals surface area contributed by atoms with Gasteiger partial charge in [0.1, 0.15) is 0 Å². The minimum Gasteiger partial charge on any atom is -0.393 e. The fourth-order valence-electron chi connectivity index (χ4n) is 1.90. The van der Waals surface area contributed by atoms with Gasteiger partial charge in [-0.1, -0.05) is 0 Å². The molecule has 0 amide bonds. The molecule has 1 aromatic heterocycles. The topological polar surface area (TPSA) is 63.8 Å². The zero-order chi connectivity index (χ0) is 9.26. The zero-order valence-corrected chi connectivity index (χ0v) is 7.72. The summed E-state index contributed by atoms with van der Waals surface area (Å²) in [6, 6.07) is 0. The van der Waals surface area contributed by atoms with Crippen LogP contribution in [0.25, 0.3) is 0 Å². The Morgan fingerprint density at radius 2 is 2.38 bits per heavy atom. The molecule has 1 aliphatic carbocycles. The first-order chi connectivity index (χ1) is 6.24. The number of rotatable bonds is 2. The molecule has 1 heterocycles. The molecule has 2 rings (SSSR count). The predicted octanol–water partition coefficient (Wildman–Crippen LogP) is -0.0864. The lowest BCUT2D eigenvalue weighted by atomic mass is 10.0. The summed E-state index contributed by atoms with van der Waals surface area (Å²) < 4.78 is 0. The second-order valence-corrected chi connectivity index (χ2v) is 3.73. The summed E-state index contributed by atoms with van der Waals surface area (Å²) in [6.45, 7) is 0. The summed E-state index contributed by atoms with van der Waals surface area (Å²) in [5, 5.41) is 21.1. The van der Waals surface area contributed by atoms with Crippen LogP contribution in [0.3, 0.4) is 0 Å². The molecule has 1 N–H and O–H groups in total. The van der Waals surface area contributed by atoms with Gasteiger partial charge in [-0.2, -0.15) is 4.80 Å². The van der Waals surface area contributed by atoms with Crippen LogP contribution in [0.4, 0.5) is 0 Å². The summed E-state index contributed by atoms with van der Waals surface area (Å²) in [4.78, 5) is 1.47. The number of aliphatic hydroxyl groups is 1. The fourth-order valence-corrected chi connectivity index (χ4v) is 1.90. The molecule has 13 heavy (non-hydrogen) atoms. The number of nitrogens with zero attached hydrogens (tertiary/aromatic N) is 4. The van der Waals surface area contributed by atoms with Crippen LogP contribution in [-0.4, -0.2) is 31.4 Å². The van der Waals surface area contributed by atoms with E-state index in [9.17, 15) is 5.11 Å². The van der Waals surface area contributed by atoms with E-state index in [0.29, 0.717) is 5.92 Å².